The Bertz CT molecular complexity index is 901. The molecule has 5 nitrogen and oxygen atoms in total. The van der Waals surface area contributed by atoms with E-state index in [1.54, 1.807) is 15.9 Å². The van der Waals surface area contributed by atoms with Crippen LogP contribution in [0.15, 0.2) is 9.95 Å². The molecule has 0 saturated heterocycles. The van der Waals surface area contributed by atoms with E-state index in [2.05, 4.69) is 26.1 Å². The molecule has 1 aliphatic carbocycles. The van der Waals surface area contributed by atoms with Gasteiger partial charge in [0.25, 0.3) is 5.56 Å². The highest BCUT2D eigenvalue weighted by Gasteiger charge is 2.24. The van der Waals surface area contributed by atoms with Crippen LogP contribution in [0.3, 0.4) is 0 Å². The second kappa shape index (κ2) is 8.35. The number of carbonyl (C=O) groups is 1. The van der Waals surface area contributed by atoms with Gasteiger partial charge in [0.1, 0.15) is 4.83 Å². The smallest absolute Gasteiger partial charge is 0.263 e. The zero-order valence-electron chi connectivity index (χ0n) is 16.8. The monoisotopic (exact) mass is 407 g/mol. The summed E-state index contributed by atoms with van der Waals surface area (Å²) in [5, 5.41) is 4.47. The summed E-state index contributed by atoms with van der Waals surface area (Å²) in [6.07, 6.45) is 3.15. The highest BCUT2D eigenvalue weighted by molar-refractivity contribution is 7.99. The molecule has 0 spiro atoms. The van der Waals surface area contributed by atoms with Gasteiger partial charge in [0, 0.05) is 17.5 Å². The van der Waals surface area contributed by atoms with Gasteiger partial charge in [0.2, 0.25) is 5.91 Å². The van der Waals surface area contributed by atoms with Crippen LogP contribution in [0.2, 0.25) is 0 Å². The predicted octanol–water partition coefficient (Wildman–Crippen LogP) is 3.86. The maximum Gasteiger partial charge on any atom is 0.263 e. The lowest BCUT2D eigenvalue weighted by Crippen LogP contribution is -2.37. The van der Waals surface area contributed by atoms with Crippen molar-refractivity contribution in [3.05, 3.63) is 20.8 Å². The van der Waals surface area contributed by atoms with Gasteiger partial charge < -0.3 is 5.32 Å². The second-order valence-electron chi connectivity index (χ2n) is 7.86. The Morgan fingerprint density at radius 3 is 2.81 bits per heavy atom. The summed E-state index contributed by atoms with van der Waals surface area (Å²) in [5.74, 6) is 1.32. The first-order valence-corrected chi connectivity index (χ1v) is 11.6. The maximum atomic E-state index is 13.1. The number of thioether (sulfide) groups is 1. The first kappa shape index (κ1) is 20.4. The second-order valence-corrected chi connectivity index (χ2v) is 9.89. The molecule has 1 aliphatic rings. The number of hydrogen-bond donors (Lipinski definition) is 1. The normalized spacial score (nSPS) is 17.9. The first-order chi connectivity index (χ1) is 12.8. The number of aromatic nitrogens is 2. The van der Waals surface area contributed by atoms with Gasteiger partial charge in [0.15, 0.2) is 5.16 Å². The predicted molar refractivity (Wildman–Crippen MR) is 114 cm³/mol. The van der Waals surface area contributed by atoms with Crippen LogP contribution >= 0.6 is 23.1 Å². The fourth-order valence-corrected chi connectivity index (χ4v) is 5.68. The molecule has 0 fully saturated rings. The van der Waals surface area contributed by atoms with Crippen LogP contribution in [-0.2, 0) is 24.2 Å². The van der Waals surface area contributed by atoms with Gasteiger partial charge in [-0.1, -0.05) is 32.5 Å². The zero-order chi connectivity index (χ0) is 19.7. The molecule has 0 bridgehead atoms. The molecule has 0 unspecified atom stereocenters. The molecule has 1 N–H and O–H groups in total. The number of rotatable bonds is 6. The summed E-state index contributed by atoms with van der Waals surface area (Å²) in [4.78, 5) is 32.3. The van der Waals surface area contributed by atoms with Crippen molar-refractivity contribution >= 4 is 39.2 Å². The first-order valence-electron chi connectivity index (χ1n) is 9.79. The molecule has 7 heteroatoms. The minimum Gasteiger partial charge on any atom is -0.353 e. The standard InChI is InChI=1S/C20H29N3O2S2/c1-6-23-19(25)17-14-8-7-12(4)9-15(14)27-18(17)22-20(23)26-10-16(24)21-13(5)11(2)3/h11-13H,6-10H2,1-5H3,(H,21,24)/t12-,13+/m0/s1. The van der Waals surface area contributed by atoms with Crippen molar-refractivity contribution in [2.24, 2.45) is 11.8 Å². The van der Waals surface area contributed by atoms with Crippen LogP contribution in [0.4, 0.5) is 0 Å². The van der Waals surface area contributed by atoms with E-state index in [1.165, 1.54) is 22.2 Å². The van der Waals surface area contributed by atoms with E-state index < -0.39 is 0 Å². The molecule has 3 rings (SSSR count). The third kappa shape index (κ3) is 4.24. The molecule has 2 aromatic rings. The van der Waals surface area contributed by atoms with Crippen LogP contribution in [0.25, 0.3) is 10.2 Å². The van der Waals surface area contributed by atoms with E-state index in [0.717, 1.165) is 29.5 Å². The van der Waals surface area contributed by atoms with Crippen LogP contribution in [0.5, 0.6) is 0 Å². The van der Waals surface area contributed by atoms with Crippen LogP contribution in [0, 0.1) is 11.8 Å². The van der Waals surface area contributed by atoms with E-state index in [0.29, 0.717) is 23.5 Å². The van der Waals surface area contributed by atoms with E-state index in [4.69, 9.17) is 4.98 Å². The Morgan fingerprint density at radius 1 is 1.41 bits per heavy atom. The number of fused-ring (bicyclic) bond motifs is 3. The number of hydrogen-bond acceptors (Lipinski definition) is 5. The number of amides is 1. The molecule has 0 aliphatic heterocycles. The molecular weight excluding hydrogens is 378 g/mol. The van der Waals surface area contributed by atoms with E-state index >= 15 is 0 Å². The summed E-state index contributed by atoms with van der Waals surface area (Å²) >= 11 is 3.02. The molecule has 2 atom stereocenters. The van der Waals surface area contributed by atoms with Gasteiger partial charge in [-0.15, -0.1) is 11.3 Å². The minimum absolute atomic E-state index is 0.0162. The van der Waals surface area contributed by atoms with E-state index in [-0.39, 0.29) is 23.3 Å². The molecular formula is C20H29N3O2S2. The van der Waals surface area contributed by atoms with Crippen LogP contribution in [0.1, 0.15) is 51.5 Å². The highest BCUT2D eigenvalue weighted by atomic mass is 32.2. The zero-order valence-corrected chi connectivity index (χ0v) is 18.4. The van der Waals surface area contributed by atoms with Gasteiger partial charge in [-0.25, -0.2) is 4.98 Å². The summed E-state index contributed by atoms with van der Waals surface area (Å²) < 4.78 is 1.72. The highest BCUT2D eigenvalue weighted by Crippen LogP contribution is 2.36. The lowest BCUT2D eigenvalue weighted by Gasteiger charge is -2.18. The van der Waals surface area contributed by atoms with Crippen molar-refractivity contribution in [2.45, 2.75) is 71.6 Å². The van der Waals surface area contributed by atoms with Crippen molar-refractivity contribution in [1.82, 2.24) is 14.9 Å². The molecule has 0 aromatic carbocycles. The van der Waals surface area contributed by atoms with Crippen molar-refractivity contribution < 1.29 is 4.79 Å². The van der Waals surface area contributed by atoms with E-state index in [1.807, 2.05) is 13.8 Å². The number of thiophene rings is 1. The molecule has 1 amide bonds. The SMILES string of the molecule is CCn1c(SCC(=O)N[C@H](C)C(C)C)nc2sc3c(c2c1=O)CC[C@H](C)C3. The molecule has 0 saturated carbocycles. The minimum atomic E-state index is -0.0162. The van der Waals surface area contributed by atoms with Gasteiger partial charge in [-0.05, 0) is 50.5 Å². The van der Waals surface area contributed by atoms with Crippen LogP contribution in [-0.4, -0.2) is 27.3 Å². The van der Waals surface area contributed by atoms with Crippen molar-refractivity contribution in [2.75, 3.05) is 5.75 Å². The summed E-state index contributed by atoms with van der Waals surface area (Å²) in [6.45, 7) is 11.0. The molecule has 2 heterocycles. The quantitative estimate of drug-likeness (QED) is 0.583. The van der Waals surface area contributed by atoms with E-state index in [9.17, 15) is 9.59 Å². The Morgan fingerprint density at radius 2 is 2.15 bits per heavy atom. The van der Waals surface area contributed by atoms with Gasteiger partial charge in [-0.2, -0.15) is 0 Å². The molecule has 148 valence electrons. The fraction of sp³-hybridized carbons (Fsp3) is 0.650. The third-order valence-corrected chi connectivity index (χ3v) is 7.54. The van der Waals surface area contributed by atoms with Crippen molar-refractivity contribution in [3.63, 3.8) is 0 Å². The van der Waals surface area contributed by atoms with Crippen molar-refractivity contribution in [3.8, 4) is 0 Å². The lowest BCUT2D eigenvalue weighted by molar-refractivity contribution is -0.119. The molecule has 0 radical (unpaired) electrons. The Kier molecular flexibility index (Phi) is 6.31. The lowest BCUT2D eigenvalue weighted by atomic mass is 9.89. The largest absolute Gasteiger partial charge is 0.353 e. The number of carbonyl (C=O) groups excluding carboxylic acids is 1. The van der Waals surface area contributed by atoms with Gasteiger partial charge >= 0.3 is 0 Å². The maximum absolute atomic E-state index is 13.1. The average Bonchev–Trinajstić information content (AvgIpc) is 2.97. The van der Waals surface area contributed by atoms with Crippen molar-refractivity contribution in [1.29, 1.82) is 0 Å². The Hall–Kier alpha value is -1.34. The summed E-state index contributed by atoms with van der Waals surface area (Å²) in [5.41, 5.74) is 1.26. The Balaban J connectivity index is 1.88. The van der Waals surface area contributed by atoms with Gasteiger partial charge in [0.05, 0.1) is 11.1 Å². The summed E-state index contributed by atoms with van der Waals surface area (Å²) in [7, 11) is 0. The fourth-order valence-electron chi connectivity index (χ4n) is 3.39. The summed E-state index contributed by atoms with van der Waals surface area (Å²) in [6, 6.07) is 0.132. The molecule has 2 aromatic heterocycles. The number of nitrogens with zero attached hydrogens (tertiary/aromatic N) is 2. The number of aryl methyl sites for hydroxylation is 1. The van der Waals surface area contributed by atoms with Crippen LogP contribution < -0.4 is 10.9 Å². The Labute approximate surface area is 169 Å². The van der Waals surface area contributed by atoms with Gasteiger partial charge in [-0.3, -0.25) is 14.2 Å². The molecule has 27 heavy (non-hydrogen) atoms. The topological polar surface area (TPSA) is 64.0 Å². The number of nitrogens with one attached hydrogen (secondary N) is 1. The third-order valence-electron chi connectivity index (χ3n) is 5.42. The average molecular weight is 408 g/mol.